The number of carbonyl (C=O) groups excluding carboxylic acids is 3. The minimum atomic E-state index is -0.377. The Hall–Kier alpha value is -3.52. The Morgan fingerprint density at radius 1 is 1.10 bits per heavy atom. The van der Waals surface area contributed by atoms with Gasteiger partial charge < -0.3 is 10.1 Å². The molecule has 2 aromatic carbocycles. The van der Waals surface area contributed by atoms with Crippen molar-refractivity contribution in [3.8, 4) is 5.75 Å². The number of carbonyl (C=O) groups is 3. The maximum absolute atomic E-state index is 12.8. The predicted molar refractivity (Wildman–Crippen MR) is 117 cm³/mol. The van der Waals surface area contributed by atoms with E-state index in [0.29, 0.717) is 24.1 Å². The number of hydrogen-bond donors (Lipinski definition) is 1. The highest BCUT2D eigenvalue weighted by molar-refractivity contribution is 7.09. The number of benzene rings is 2. The van der Waals surface area contributed by atoms with Crippen molar-refractivity contribution in [2.75, 3.05) is 13.7 Å². The molecule has 3 aromatic rings. The van der Waals surface area contributed by atoms with Crippen molar-refractivity contribution in [3.05, 3.63) is 80.8 Å². The number of amides is 3. The molecule has 0 spiro atoms. The number of hydrogen-bond acceptors (Lipinski definition) is 6. The van der Waals surface area contributed by atoms with E-state index in [1.54, 1.807) is 19.2 Å². The van der Waals surface area contributed by atoms with Crippen molar-refractivity contribution in [1.82, 2.24) is 15.2 Å². The summed E-state index contributed by atoms with van der Waals surface area (Å²) in [6.45, 7) is 2.48. The third-order valence-corrected chi connectivity index (χ3v) is 5.93. The molecule has 1 aliphatic heterocycles. The van der Waals surface area contributed by atoms with Crippen LogP contribution in [0.2, 0.25) is 0 Å². The predicted octanol–water partition coefficient (Wildman–Crippen LogP) is 3.23. The Balaban J connectivity index is 1.43. The average Bonchev–Trinajstić information content (AvgIpc) is 3.31. The highest BCUT2D eigenvalue weighted by Crippen LogP contribution is 2.25. The molecule has 31 heavy (non-hydrogen) atoms. The van der Waals surface area contributed by atoms with Crippen LogP contribution in [0.15, 0.2) is 47.8 Å². The summed E-state index contributed by atoms with van der Waals surface area (Å²) in [6, 6.07) is 12.1. The van der Waals surface area contributed by atoms with Gasteiger partial charge in [0.05, 0.1) is 35.5 Å². The zero-order chi connectivity index (χ0) is 22.0. The first-order valence-corrected chi connectivity index (χ1v) is 10.7. The second-order valence-electron chi connectivity index (χ2n) is 7.16. The van der Waals surface area contributed by atoms with Crippen LogP contribution in [0.4, 0.5) is 0 Å². The van der Waals surface area contributed by atoms with Crippen molar-refractivity contribution in [1.29, 1.82) is 0 Å². The van der Waals surface area contributed by atoms with Gasteiger partial charge in [-0.2, -0.15) is 0 Å². The third-order valence-electron chi connectivity index (χ3n) is 5.11. The number of thiazole rings is 1. The van der Waals surface area contributed by atoms with Crippen molar-refractivity contribution in [2.24, 2.45) is 0 Å². The molecule has 0 saturated carbocycles. The lowest BCUT2D eigenvalue weighted by atomic mass is 10.1. The number of ether oxygens (including phenoxy) is 1. The van der Waals surface area contributed by atoms with Gasteiger partial charge in [0.1, 0.15) is 5.75 Å². The van der Waals surface area contributed by atoms with Gasteiger partial charge in [-0.15, -0.1) is 11.3 Å². The molecular formula is C23H21N3O4S. The van der Waals surface area contributed by atoms with E-state index in [9.17, 15) is 14.4 Å². The maximum atomic E-state index is 12.8. The summed E-state index contributed by atoms with van der Waals surface area (Å²) in [5.41, 5.74) is 2.70. The standard InChI is InChI=1S/C23H21N3O4S/c1-14-25-17(13-31-14)12-24-21(27)16-5-8-19-20(11-16)23(29)26(22(19)28)10-9-15-3-6-18(30-2)7-4-15/h3-8,11,13H,9-10,12H2,1-2H3,(H,24,27). The molecule has 0 atom stereocenters. The number of nitrogens with zero attached hydrogens (tertiary/aromatic N) is 2. The molecular weight excluding hydrogens is 414 g/mol. The van der Waals surface area contributed by atoms with E-state index in [-0.39, 0.29) is 29.8 Å². The summed E-state index contributed by atoms with van der Waals surface area (Å²) in [4.78, 5) is 43.6. The van der Waals surface area contributed by atoms with E-state index in [4.69, 9.17) is 4.74 Å². The molecule has 0 fully saturated rings. The SMILES string of the molecule is COc1ccc(CCN2C(=O)c3ccc(C(=O)NCc4csc(C)n4)cc3C2=O)cc1. The van der Waals surface area contributed by atoms with Crippen LogP contribution in [0.25, 0.3) is 0 Å². The maximum Gasteiger partial charge on any atom is 0.261 e. The largest absolute Gasteiger partial charge is 0.497 e. The van der Waals surface area contributed by atoms with Gasteiger partial charge in [0.25, 0.3) is 17.7 Å². The van der Waals surface area contributed by atoms with E-state index in [2.05, 4.69) is 10.3 Å². The number of aryl methyl sites for hydroxylation is 1. The zero-order valence-corrected chi connectivity index (χ0v) is 18.0. The second-order valence-corrected chi connectivity index (χ2v) is 8.22. The molecule has 7 nitrogen and oxygen atoms in total. The second kappa shape index (κ2) is 8.69. The van der Waals surface area contributed by atoms with Crippen LogP contribution in [0.3, 0.4) is 0 Å². The van der Waals surface area contributed by atoms with E-state index >= 15 is 0 Å². The number of methoxy groups -OCH3 is 1. The van der Waals surface area contributed by atoms with Gasteiger partial charge in [0.2, 0.25) is 0 Å². The molecule has 0 aliphatic carbocycles. The smallest absolute Gasteiger partial charge is 0.261 e. The highest BCUT2D eigenvalue weighted by atomic mass is 32.1. The van der Waals surface area contributed by atoms with Crippen LogP contribution in [-0.2, 0) is 13.0 Å². The summed E-state index contributed by atoms with van der Waals surface area (Å²) in [6.07, 6.45) is 0.538. The molecule has 3 amide bonds. The van der Waals surface area contributed by atoms with Crippen LogP contribution < -0.4 is 10.1 Å². The lowest BCUT2D eigenvalue weighted by molar-refractivity contribution is 0.0656. The molecule has 1 N–H and O–H groups in total. The normalized spacial score (nSPS) is 12.8. The van der Waals surface area contributed by atoms with Crippen molar-refractivity contribution in [3.63, 3.8) is 0 Å². The fourth-order valence-corrected chi connectivity index (χ4v) is 4.04. The lowest BCUT2D eigenvalue weighted by Gasteiger charge is -2.13. The summed E-state index contributed by atoms with van der Waals surface area (Å²) in [7, 11) is 1.60. The fourth-order valence-electron chi connectivity index (χ4n) is 3.43. The number of nitrogens with one attached hydrogen (secondary N) is 1. The number of aromatic nitrogens is 1. The molecule has 0 bridgehead atoms. The van der Waals surface area contributed by atoms with Gasteiger partial charge in [-0.25, -0.2) is 4.98 Å². The van der Waals surface area contributed by atoms with Crippen LogP contribution in [0, 0.1) is 6.92 Å². The van der Waals surface area contributed by atoms with Gasteiger partial charge in [-0.05, 0) is 49.2 Å². The topological polar surface area (TPSA) is 88.6 Å². The van der Waals surface area contributed by atoms with Gasteiger partial charge in [-0.1, -0.05) is 12.1 Å². The number of fused-ring (bicyclic) bond motifs is 1. The first-order valence-electron chi connectivity index (χ1n) is 9.78. The van der Waals surface area contributed by atoms with Gasteiger partial charge in [-0.3, -0.25) is 19.3 Å². The Bertz CT molecular complexity index is 1150. The van der Waals surface area contributed by atoms with Crippen LogP contribution >= 0.6 is 11.3 Å². The molecule has 1 aliphatic rings. The molecule has 2 heterocycles. The minimum absolute atomic E-state index is 0.261. The first-order chi connectivity index (χ1) is 15.0. The molecule has 1 aromatic heterocycles. The van der Waals surface area contributed by atoms with E-state index in [1.807, 2.05) is 36.6 Å². The summed E-state index contributed by atoms with van der Waals surface area (Å²) in [5, 5.41) is 5.62. The van der Waals surface area contributed by atoms with E-state index in [0.717, 1.165) is 22.0 Å². The monoisotopic (exact) mass is 435 g/mol. The van der Waals surface area contributed by atoms with E-state index in [1.165, 1.54) is 22.3 Å². The lowest BCUT2D eigenvalue weighted by Crippen LogP contribution is -2.31. The summed E-state index contributed by atoms with van der Waals surface area (Å²) < 4.78 is 5.14. The number of imide groups is 1. The number of rotatable bonds is 7. The highest BCUT2D eigenvalue weighted by Gasteiger charge is 2.35. The quantitative estimate of drug-likeness (QED) is 0.576. The van der Waals surface area contributed by atoms with Crippen LogP contribution in [-0.4, -0.2) is 41.3 Å². The van der Waals surface area contributed by atoms with Gasteiger partial charge >= 0.3 is 0 Å². The average molecular weight is 436 g/mol. The molecule has 8 heteroatoms. The van der Waals surface area contributed by atoms with Crippen LogP contribution in [0.5, 0.6) is 5.75 Å². The van der Waals surface area contributed by atoms with Gasteiger partial charge in [0, 0.05) is 17.5 Å². The van der Waals surface area contributed by atoms with Crippen molar-refractivity contribution >= 4 is 29.1 Å². The molecule has 0 saturated heterocycles. The molecule has 4 rings (SSSR count). The third kappa shape index (κ3) is 4.34. The molecule has 158 valence electrons. The Morgan fingerprint density at radius 3 is 2.52 bits per heavy atom. The van der Waals surface area contributed by atoms with Gasteiger partial charge in [0.15, 0.2) is 0 Å². The Kier molecular flexibility index (Phi) is 5.81. The fraction of sp³-hybridized carbons (Fsp3) is 0.217. The van der Waals surface area contributed by atoms with Crippen LogP contribution in [0.1, 0.15) is 47.3 Å². The van der Waals surface area contributed by atoms with Crippen molar-refractivity contribution < 1.29 is 19.1 Å². The zero-order valence-electron chi connectivity index (χ0n) is 17.2. The summed E-state index contributed by atoms with van der Waals surface area (Å²) in [5.74, 6) is -0.276. The Labute approximate surface area is 183 Å². The van der Waals surface area contributed by atoms with Crippen molar-refractivity contribution in [2.45, 2.75) is 19.9 Å². The first kappa shape index (κ1) is 20.7. The Morgan fingerprint density at radius 2 is 1.84 bits per heavy atom. The summed E-state index contributed by atoms with van der Waals surface area (Å²) >= 11 is 1.52. The minimum Gasteiger partial charge on any atom is -0.497 e. The molecule has 0 unspecified atom stereocenters. The van der Waals surface area contributed by atoms with E-state index < -0.39 is 0 Å². The molecule has 0 radical (unpaired) electrons.